The minimum absolute atomic E-state index is 0.00727. The molecule has 0 aliphatic rings. The summed E-state index contributed by atoms with van der Waals surface area (Å²) in [6.45, 7) is 2.26. The fourth-order valence-corrected chi connectivity index (χ4v) is 0.706. The first-order chi connectivity index (χ1) is 5.65. The lowest BCUT2D eigenvalue weighted by atomic mass is 10.5. The Morgan fingerprint density at radius 1 is 1.50 bits per heavy atom. The predicted octanol–water partition coefficient (Wildman–Crippen LogP) is -0.179. The van der Waals surface area contributed by atoms with E-state index in [2.05, 4.69) is 10.1 Å². The second-order valence-electron chi connectivity index (χ2n) is 2.15. The summed E-state index contributed by atoms with van der Waals surface area (Å²) in [6, 6.07) is -0.275. The molecule has 5 nitrogen and oxygen atoms in total. The molecule has 0 saturated heterocycles. The summed E-state index contributed by atoms with van der Waals surface area (Å²) < 4.78 is 4.42. The number of amides is 2. The molecule has 0 aliphatic carbocycles. The Morgan fingerprint density at radius 2 is 2.08 bits per heavy atom. The molecule has 12 heavy (non-hydrogen) atoms. The van der Waals surface area contributed by atoms with E-state index in [4.69, 9.17) is 0 Å². The number of nitrogens with one attached hydrogen (secondary N) is 1. The first kappa shape index (κ1) is 10.7. The van der Waals surface area contributed by atoms with Crippen LogP contribution < -0.4 is 5.32 Å². The van der Waals surface area contributed by atoms with Crippen LogP contribution in [0.15, 0.2) is 0 Å². The zero-order valence-electron chi connectivity index (χ0n) is 7.59. The molecule has 0 bridgehead atoms. The van der Waals surface area contributed by atoms with Gasteiger partial charge in [-0.1, -0.05) is 0 Å². The van der Waals surface area contributed by atoms with E-state index in [-0.39, 0.29) is 12.6 Å². The number of hydrogen-bond donors (Lipinski definition) is 1. The molecule has 0 aromatic heterocycles. The molecular formula is C7H14N2O3. The lowest BCUT2D eigenvalue weighted by Crippen LogP contribution is -2.41. The van der Waals surface area contributed by atoms with Crippen LogP contribution in [0.2, 0.25) is 0 Å². The Hall–Kier alpha value is -1.26. The standard InChI is InChI=1S/C7H14N2O3/c1-4-9(7(11)8-2)5-6(10)12-3/h4-5H2,1-3H3,(H,8,11). The Morgan fingerprint density at radius 3 is 2.42 bits per heavy atom. The maximum atomic E-state index is 11.0. The highest BCUT2D eigenvalue weighted by atomic mass is 16.5. The SMILES string of the molecule is CCN(CC(=O)OC)C(=O)NC. The number of nitrogens with zero attached hydrogens (tertiary/aromatic N) is 1. The summed E-state index contributed by atoms with van der Waals surface area (Å²) in [4.78, 5) is 23.1. The molecule has 5 heteroatoms. The first-order valence-corrected chi connectivity index (χ1v) is 3.69. The van der Waals surface area contributed by atoms with Crippen molar-refractivity contribution in [2.45, 2.75) is 6.92 Å². The summed E-state index contributed by atoms with van der Waals surface area (Å²) in [7, 11) is 2.81. The highest BCUT2D eigenvalue weighted by Gasteiger charge is 2.13. The van der Waals surface area contributed by atoms with Gasteiger partial charge in [0.15, 0.2) is 0 Å². The molecule has 0 heterocycles. The molecule has 1 N–H and O–H groups in total. The smallest absolute Gasteiger partial charge is 0.325 e. The van der Waals surface area contributed by atoms with Crippen molar-refractivity contribution in [2.75, 3.05) is 27.2 Å². The van der Waals surface area contributed by atoms with Crippen LogP contribution in [0.25, 0.3) is 0 Å². The van der Waals surface area contributed by atoms with Gasteiger partial charge in [0, 0.05) is 13.6 Å². The summed E-state index contributed by atoms with van der Waals surface area (Å²) in [5.74, 6) is -0.416. The van der Waals surface area contributed by atoms with Crippen molar-refractivity contribution in [1.29, 1.82) is 0 Å². The third-order valence-corrected chi connectivity index (χ3v) is 1.43. The lowest BCUT2D eigenvalue weighted by molar-refractivity contribution is -0.141. The van der Waals surface area contributed by atoms with Crippen molar-refractivity contribution in [3.8, 4) is 0 Å². The van der Waals surface area contributed by atoms with Crippen molar-refractivity contribution in [3.63, 3.8) is 0 Å². The van der Waals surface area contributed by atoms with Crippen molar-refractivity contribution in [2.24, 2.45) is 0 Å². The molecule has 0 fully saturated rings. The second kappa shape index (κ2) is 5.40. The van der Waals surface area contributed by atoms with Crippen LogP contribution in [0.1, 0.15) is 6.92 Å². The summed E-state index contributed by atoms with van der Waals surface area (Å²) in [5, 5.41) is 2.42. The molecule has 0 aromatic carbocycles. The highest BCUT2D eigenvalue weighted by molar-refractivity contribution is 5.80. The normalized spacial score (nSPS) is 8.92. The number of hydrogen-bond acceptors (Lipinski definition) is 3. The molecule has 0 unspecified atom stereocenters. The molecule has 0 spiro atoms. The van der Waals surface area contributed by atoms with E-state index in [0.717, 1.165) is 0 Å². The largest absolute Gasteiger partial charge is 0.468 e. The molecule has 0 rings (SSSR count). The average Bonchev–Trinajstić information content (AvgIpc) is 2.12. The van der Waals surface area contributed by atoms with E-state index in [1.54, 1.807) is 6.92 Å². The van der Waals surface area contributed by atoms with Crippen molar-refractivity contribution in [1.82, 2.24) is 10.2 Å². The van der Waals surface area contributed by atoms with Crippen molar-refractivity contribution < 1.29 is 14.3 Å². The van der Waals surface area contributed by atoms with Crippen molar-refractivity contribution >= 4 is 12.0 Å². The maximum Gasteiger partial charge on any atom is 0.325 e. The van der Waals surface area contributed by atoms with Gasteiger partial charge in [0.25, 0.3) is 0 Å². The zero-order valence-corrected chi connectivity index (χ0v) is 7.59. The number of likely N-dealkylation sites (N-methyl/N-ethyl adjacent to an activating group) is 1. The quantitative estimate of drug-likeness (QED) is 0.604. The van der Waals surface area contributed by atoms with E-state index in [1.165, 1.54) is 19.1 Å². The Kier molecular flexibility index (Phi) is 4.83. The van der Waals surface area contributed by atoms with Gasteiger partial charge in [0.1, 0.15) is 6.54 Å². The Labute approximate surface area is 71.7 Å². The molecule has 70 valence electrons. The van der Waals surface area contributed by atoms with Crippen LogP contribution in [-0.4, -0.2) is 44.1 Å². The van der Waals surface area contributed by atoms with Gasteiger partial charge in [0.05, 0.1) is 7.11 Å². The van der Waals surface area contributed by atoms with E-state index < -0.39 is 5.97 Å². The van der Waals surface area contributed by atoms with Gasteiger partial charge in [-0.25, -0.2) is 4.79 Å². The van der Waals surface area contributed by atoms with Crippen molar-refractivity contribution in [3.05, 3.63) is 0 Å². The summed E-state index contributed by atoms with van der Waals surface area (Å²) in [5.41, 5.74) is 0. The van der Waals surface area contributed by atoms with Crippen LogP contribution >= 0.6 is 0 Å². The fraction of sp³-hybridized carbons (Fsp3) is 0.714. The second-order valence-corrected chi connectivity index (χ2v) is 2.15. The average molecular weight is 174 g/mol. The molecule has 0 aliphatic heterocycles. The van der Waals surface area contributed by atoms with Gasteiger partial charge in [-0.3, -0.25) is 4.79 Å². The van der Waals surface area contributed by atoms with Crippen LogP contribution in [0, 0.1) is 0 Å². The molecule has 0 saturated carbocycles. The predicted molar refractivity (Wildman–Crippen MR) is 43.7 cm³/mol. The van der Waals surface area contributed by atoms with Crippen LogP contribution in [0.3, 0.4) is 0 Å². The molecule has 2 amide bonds. The zero-order chi connectivity index (χ0) is 9.56. The van der Waals surface area contributed by atoms with Crippen LogP contribution in [-0.2, 0) is 9.53 Å². The fourth-order valence-electron chi connectivity index (χ4n) is 0.706. The third-order valence-electron chi connectivity index (χ3n) is 1.43. The number of carbonyl (C=O) groups excluding carboxylic acids is 2. The molecule has 0 atom stereocenters. The van der Waals surface area contributed by atoms with E-state index in [9.17, 15) is 9.59 Å². The van der Waals surface area contributed by atoms with Gasteiger partial charge < -0.3 is 15.0 Å². The van der Waals surface area contributed by atoms with Crippen LogP contribution in [0.5, 0.6) is 0 Å². The summed E-state index contributed by atoms with van der Waals surface area (Å²) in [6.07, 6.45) is 0. The minimum Gasteiger partial charge on any atom is -0.468 e. The van der Waals surface area contributed by atoms with E-state index in [1.807, 2.05) is 0 Å². The van der Waals surface area contributed by atoms with E-state index in [0.29, 0.717) is 6.54 Å². The van der Waals surface area contributed by atoms with Crippen LogP contribution in [0.4, 0.5) is 4.79 Å². The van der Waals surface area contributed by atoms with Gasteiger partial charge in [-0.05, 0) is 6.92 Å². The maximum absolute atomic E-state index is 11.0. The monoisotopic (exact) mass is 174 g/mol. The first-order valence-electron chi connectivity index (χ1n) is 3.69. The highest BCUT2D eigenvalue weighted by Crippen LogP contribution is 1.89. The topological polar surface area (TPSA) is 58.6 Å². The number of methoxy groups -OCH3 is 1. The van der Waals surface area contributed by atoms with Gasteiger partial charge >= 0.3 is 12.0 Å². The molecular weight excluding hydrogens is 160 g/mol. The minimum atomic E-state index is -0.416. The lowest BCUT2D eigenvalue weighted by Gasteiger charge is -2.18. The molecule has 0 radical (unpaired) electrons. The number of rotatable bonds is 3. The number of ether oxygens (including phenoxy) is 1. The number of esters is 1. The summed E-state index contributed by atoms with van der Waals surface area (Å²) >= 11 is 0. The molecule has 0 aromatic rings. The van der Waals surface area contributed by atoms with Gasteiger partial charge in [0.2, 0.25) is 0 Å². The van der Waals surface area contributed by atoms with E-state index >= 15 is 0 Å². The van der Waals surface area contributed by atoms with Gasteiger partial charge in [-0.2, -0.15) is 0 Å². The Balaban J connectivity index is 3.99. The third kappa shape index (κ3) is 3.23. The number of urea groups is 1. The Bertz CT molecular complexity index is 170. The number of carbonyl (C=O) groups is 2. The van der Waals surface area contributed by atoms with Gasteiger partial charge in [-0.15, -0.1) is 0 Å².